The number of guanidine groups is 1. The molecule has 4 nitrogen and oxygen atoms in total. The second kappa shape index (κ2) is 12.2. The summed E-state index contributed by atoms with van der Waals surface area (Å²) in [5, 5.41) is 8.79. The Hall–Kier alpha value is -0.340. The fourth-order valence-corrected chi connectivity index (χ4v) is 2.53. The molecule has 1 rings (SSSR count). The molecule has 0 aliphatic rings. The maximum Gasteiger partial charge on any atom is 0.190 e. The first-order valence-corrected chi connectivity index (χ1v) is 8.11. The van der Waals surface area contributed by atoms with Crippen molar-refractivity contribution < 1.29 is 4.74 Å². The van der Waals surface area contributed by atoms with Crippen LogP contribution in [0.15, 0.2) is 22.5 Å². The monoisotopic (exact) mass is 425 g/mol. The topological polar surface area (TPSA) is 45.7 Å². The summed E-state index contributed by atoms with van der Waals surface area (Å²) in [7, 11) is 1.80. The highest BCUT2D eigenvalue weighted by atomic mass is 127. The number of hydrogen-bond donors (Lipinski definition) is 2. The van der Waals surface area contributed by atoms with Gasteiger partial charge in [-0.05, 0) is 31.7 Å². The van der Waals surface area contributed by atoms with Crippen molar-refractivity contribution in [1.29, 1.82) is 0 Å². The number of halogens is 1. The minimum Gasteiger partial charge on any atom is -0.379 e. The van der Waals surface area contributed by atoms with Gasteiger partial charge in [0.05, 0.1) is 6.10 Å². The van der Waals surface area contributed by atoms with Crippen LogP contribution in [0.1, 0.15) is 38.0 Å². The van der Waals surface area contributed by atoms with Gasteiger partial charge in [-0.25, -0.2) is 0 Å². The molecule has 0 aromatic carbocycles. The third-order valence-corrected chi connectivity index (χ3v) is 4.00. The van der Waals surface area contributed by atoms with Gasteiger partial charge in [0.1, 0.15) is 0 Å². The van der Waals surface area contributed by atoms with Crippen LogP contribution in [0.25, 0.3) is 0 Å². The van der Waals surface area contributed by atoms with Crippen molar-refractivity contribution in [3.63, 3.8) is 0 Å². The number of ether oxygens (including phenoxy) is 1. The molecule has 0 aliphatic carbocycles. The average molecular weight is 425 g/mol. The standard InChI is InChI=1S/C15H27N3OS.HI/c1-12(2)19-9-6-8-17-15(16-4)18-11-13(3)14-7-5-10-20-14;/h5,7,10,12-13H,6,8-9,11H2,1-4H3,(H2,16,17,18);1H. The molecule has 0 aliphatic heterocycles. The predicted octanol–water partition coefficient (Wildman–Crippen LogP) is 3.45. The molecule has 2 N–H and O–H groups in total. The van der Waals surface area contributed by atoms with Crippen LogP contribution in [-0.2, 0) is 4.74 Å². The Morgan fingerprint density at radius 3 is 2.67 bits per heavy atom. The number of rotatable bonds is 8. The Labute approximate surface area is 149 Å². The Bertz CT molecular complexity index is 382. The van der Waals surface area contributed by atoms with Crippen molar-refractivity contribution in [1.82, 2.24) is 10.6 Å². The van der Waals surface area contributed by atoms with Crippen molar-refractivity contribution in [2.45, 2.75) is 39.2 Å². The first-order valence-electron chi connectivity index (χ1n) is 7.23. The van der Waals surface area contributed by atoms with E-state index in [0.717, 1.165) is 32.1 Å². The summed E-state index contributed by atoms with van der Waals surface area (Å²) < 4.78 is 5.51. The van der Waals surface area contributed by atoms with E-state index in [1.54, 1.807) is 18.4 Å². The molecule has 6 heteroatoms. The van der Waals surface area contributed by atoms with Crippen LogP contribution in [0.4, 0.5) is 0 Å². The molecule has 0 amide bonds. The third kappa shape index (κ3) is 9.31. The van der Waals surface area contributed by atoms with E-state index >= 15 is 0 Å². The van der Waals surface area contributed by atoms with E-state index in [4.69, 9.17) is 4.74 Å². The van der Waals surface area contributed by atoms with Crippen LogP contribution < -0.4 is 10.6 Å². The van der Waals surface area contributed by atoms with Crippen molar-refractivity contribution in [3.8, 4) is 0 Å². The lowest BCUT2D eigenvalue weighted by molar-refractivity contribution is 0.0776. The molecular formula is C15H28IN3OS. The lowest BCUT2D eigenvalue weighted by Crippen LogP contribution is -2.39. The van der Waals surface area contributed by atoms with Gasteiger partial charge in [-0.15, -0.1) is 35.3 Å². The van der Waals surface area contributed by atoms with Gasteiger partial charge in [0, 0.05) is 37.5 Å². The van der Waals surface area contributed by atoms with Crippen LogP contribution in [0.2, 0.25) is 0 Å². The molecule has 1 aromatic rings. The van der Waals surface area contributed by atoms with Crippen molar-refractivity contribution in [3.05, 3.63) is 22.4 Å². The SMILES string of the molecule is CN=C(NCCCOC(C)C)NCC(C)c1cccs1.I. The Morgan fingerprint density at radius 1 is 1.33 bits per heavy atom. The number of aliphatic imine (C=N–C) groups is 1. The second-order valence-corrected chi connectivity index (χ2v) is 6.05. The molecule has 1 unspecified atom stereocenters. The molecule has 0 spiro atoms. The zero-order valence-corrected chi connectivity index (χ0v) is 16.5. The van der Waals surface area contributed by atoms with Gasteiger partial charge in [-0.2, -0.15) is 0 Å². The minimum absolute atomic E-state index is 0. The van der Waals surface area contributed by atoms with Gasteiger partial charge < -0.3 is 15.4 Å². The zero-order valence-electron chi connectivity index (χ0n) is 13.4. The number of thiophene rings is 1. The van der Waals surface area contributed by atoms with Gasteiger partial charge in [0.25, 0.3) is 0 Å². The van der Waals surface area contributed by atoms with Gasteiger partial charge in [0.15, 0.2) is 5.96 Å². The molecule has 1 heterocycles. The molecule has 0 fully saturated rings. The number of hydrogen-bond acceptors (Lipinski definition) is 3. The maximum absolute atomic E-state index is 5.51. The summed E-state index contributed by atoms with van der Waals surface area (Å²) in [6.45, 7) is 8.89. The van der Waals surface area contributed by atoms with Gasteiger partial charge in [-0.1, -0.05) is 13.0 Å². The quantitative estimate of drug-likeness (QED) is 0.290. The Balaban J connectivity index is 0.00000400. The summed E-state index contributed by atoms with van der Waals surface area (Å²) >= 11 is 1.80. The minimum atomic E-state index is 0. The summed E-state index contributed by atoms with van der Waals surface area (Å²) in [4.78, 5) is 5.63. The molecule has 1 atom stereocenters. The van der Waals surface area contributed by atoms with Gasteiger partial charge in [-0.3, -0.25) is 4.99 Å². The molecule has 0 bridgehead atoms. The van der Waals surface area contributed by atoms with Crippen LogP contribution in [0, 0.1) is 0 Å². The Kier molecular flexibility index (Phi) is 12.0. The zero-order chi connectivity index (χ0) is 14.8. The predicted molar refractivity (Wildman–Crippen MR) is 103 cm³/mol. The molecule has 0 saturated carbocycles. The summed E-state index contributed by atoms with van der Waals surface area (Å²) in [6, 6.07) is 4.27. The lowest BCUT2D eigenvalue weighted by Gasteiger charge is -2.15. The van der Waals surface area contributed by atoms with Crippen LogP contribution >= 0.6 is 35.3 Å². The number of nitrogens with one attached hydrogen (secondary N) is 2. The highest BCUT2D eigenvalue weighted by Crippen LogP contribution is 2.19. The largest absolute Gasteiger partial charge is 0.379 e. The van der Waals surface area contributed by atoms with Crippen LogP contribution in [0.5, 0.6) is 0 Å². The normalized spacial score (nSPS) is 12.9. The van der Waals surface area contributed by atoms with E-state index in [2.05, 4.69) is 53.9 Å². The van der Waals surface area contributed by atoms with E-state index in [1.165, 1.54) is 4.88 Å². The summed E-state index contributed by atoms with van der Waals surface area (Å²) in [5.74, 6) is 1.36. The van der Waals surface area contributed by atoms with Crippen LogP contribution in [-0.4, -0.2) is 38.8 Å². The summed E-state index contributed by atoms with van der Waals surface area (Å²) in [6.07, 6.45) is 1.29. The molecule has 1 aromatic heterocycles. The lowest BCUT2D eigenvalue weighted by atomic mass is 10.1. The maximum atomic E-state index is 5.51. The molecule has 0 saturated heterocycles. The number of nitrogens with zero attached hydrogens (tertiary/aromatic N) is 1. The highest BCUT2D eigenvalue weighted by Gasteiger charge is 2.07. The first-order chi connectivity index (χ1) is 9.63. The van der Waals surface area contributed by atoms with Crippen molar-refractivity contribution in [2.24, 2.45) is 4.99 Å². The van der Waals surface area contributed by atoms with Crippen molar-refractivity contribution >= 4 is 41.3 Å². The Morgan fingerprint density at radius 2 is 2.10 bits per heavy atom. The highest BCUT2D eigenvalue weighted by molar-refractivity contribution is 14.0. The fourth-order valence-electron chi connectivity index (χ4n) is 1.74. The fraction of sp³-hybridized carbons (Fsp3) is 0.667. The van der Waals surface area contributed by atoms with Gasteiger partial charge >= 0.3 is 0 Å². The van der Waals surface area contributed by atoms with Gasteiger partial charge in [0.2, 0.25) is 0 Å². The first kappa shape index (κ1) is 20.7. The summed E-state index contributed by atoms with van der Waals surface area (Å²) in [5.41, 5.74) is 0. The average Bonchev–Trinajstić information content (AvgIpc) is 2.95. The molecule has 21 heavy (non-hydrogen) atoms. The molecular weight excluding hydrogens is 397 g/mol. The van der Waals surface area contributed by atoms with Crippen molar-refractivity contribution in [2.75, 3.05) is 26.7 Å². The van der Waals surface area contributed by atoms with E-state index < -0.39 is 0 Å². The van der Waals surface area contributed by atoms with E-state index in [9.17, 15) is 0 Å². The second-order valence-electron chi connectivity index (χ2n) is 5.07. The molecule has 0 radical (unpaired) electrons. The molecule has 122 valence electrons. The van der Waals surface area contributed by atoms with E-state index in [-0.39, 0.29) is 24.0 Å². The van der Waals surface area contributed by atoms with E-state index in [1.807, 2.05) is 0 Å². The van der Waals surface area contributed by atoms with E-state index in [0.29, 0.717) is 12.0 Å². The smallest absolute Gasteiger partial charge is 0.190 e. The third-order valence-electron chi connectivity index (χ3n) is 2.89. The van der Waals surface area contributed by atoms with Crippen LogP contribution in [0.3, 0.4) is 0 Å².